The van der Waals surface area contributed by atoms with Crippen LogP contribution in [0.1, 0.15) is 10.4 Å². The van der Waals surface area contributed by atoms with E-state index < -0.39 is 5.91 Å². The maximum atomic E-state index is 12.6. The van der Waals surface area contributed by atoms with Crippen LogP contribution in [0.3, 0.4) is 0 Å². The average molecular weight is 488 g/mol. The zero-order valence-electron chi connectivity index (χ0n) is 16.1. The van der Waals surface area contributed by atoms with Crippen LogP contribution in [0.4, 0.5) is 5.13 Å². The standard InChI is InChI=1S/C22H15Cl2N3O2S2/c1-29-19-16(9-13(23)10-17(19)24)20(28)26-21(30)27-22-25-18(11-31-22)15-8-4-6-12-5-2-3-7-14(12)15/h2-11H,1H3,(H2,25,26,27,28,30). The Labute approximate surface area is 198 Å². The molecule has 0 fully saturated rings. The normalized spacial score (nSPS) is 10.7. The fourth-order valence-corrected chi connectivity index (χ4v) is 4.68. The van der Waals surface area contributed by atoms with E-state index in [4.69, 9.17) is 40.2 Å². The van der Waals surface area contributed by atoms with Crippen molar-refractivity contribution >= 4 is 73.7 Å². The van der Waals surface area contributed by atoms with Crippen molar-refractivity contribution in [1.82, 2.24) is 10.3 Å². The van der Waals surface area contributed by atoms with E-state index in [-0.39, 0.29) is 21.4 Å². The number of carbonyl (C=O) groups excluding carboxylic acids is 1. The van der Waals surface area contributed by atoms with Gasteiger partial charge < -0.3 is 10.1 Å². The molecule has 0 saturated carbocycles. The third-order valence-corrected chi connectivity index (χ3v) is 5.94. The molecule has 0 aliphatic heterocycles. The Kier molecular flexibility index (Phi) is 6.38. The smallest absolute Gasteiger partial charge is 0.261 e. The monoisotopic (exact) mass is 487 g/mol. The number of thiazole rings is 1. The topological polar surface area (TPSA) is 63.2 Å². The molecule has 1 amide bonds. The quantitative estimate of drug-likeness (QED) is 0.325. The summed E-state index contributed by atoms with van der Waals surface area (Å²) in [5.41, 5.74) is 2.03. The highest BCUT2D eigenvalue weighted by molar-refractivity contribution is 7.80. The van der Waals surface area contributed by atoms with Crippen LogP contribution >= 0.6 is 46.8 Å². The minimum absolute atomic E-state index is 0.0990. The lowest BCUT2D eigenvalue weighted by molar-refractivity contribution is 0.0975. The maximum Gasteiger partial charge on any atom is 0.261 e. The van der Waals surface area contributed by atoms with Crippen LogP contribution in [0.25, 0.3) is 22.0 Å². The van der Waals surface area contributed by atoms with Crippen molar-refractivity contribution in [3.8, 4) is 17.0 Å². The lowest BCUT2D eigenvalue weighted by atomic mass is 10.0. The van der Waals surface area contributed by atoms with Crippen LogP contribution in [0.5, 0.6) is 5.75 Å². The summed E-state index contributed by atoms with van der Waals surface area (Å²) >= 11 is 18.8. The van der Waals surface area contributed by atoms with E-state index in [1.165, 1.54) is 30.6 Å². The summed E-state index contributed by atoms with van der Waals surface area (Å²) in [6.45, 7) is 0. The molecule has 1 heterocycles. The first-order valence-electron chi connectivity index (χ1n) is 9.05. The van der Waals surface area contributed by atoms with Gasteiger partial charge in [-0.25, -0.2) is 4.98 Å². The van der Waals surface area contributed by atoms with Crippen LogP contribution < -0.4 is 15.4 Å². The number of ether oxygens (including phenoxy) is 1. The van der Waals surface area contributed by atoms with Crippen LogP contribution in [0.2, 0.25) is 10.0 Å². The van der Waals surface area contributed by atoms with Gasteiger partial charge in [0, 0.05) is 16.0 Å². The minimum Gasteiger partial charge on any atom is -0.494 e. The molecule has 156 valence electrons. The summed E-state index contributed by atoms with van der Waals surface area (Å²) < 4.78 is 5.21. The number of aromatic nitrogens is 1. The molecular weight excluding hydrogens is 473 g/mol. The van der Waals surface area contributed by atoms with E-state index in [9.17, 15) is 4.79 Å². The van der Waals surface area contributed by atoms with Crippen molar-refractivity contribution in [3.63, 3.8) is 0 Å². The zero-order valence-corrected chi connectivity index (χ0v) is 19.3. The number of nitrogens with zero attached hydrogens (tertiary/aromatic N) is 1. The van der Waals surface area contributed by atoms with Crippen LogP contribution in [0.15, 0.2) is 60.0 Å². The van der Waals surface area contributed by atoms with Gasteiger partial charge in [-0.3, -0.25) is 10.1 Å². The molecule has 0 bridgehead atoms. The molecule has 5 nitrogen and oxygen atoms in total. The van der Waals surface area contributed by atoms with Crippen LogP contribution in [-0.4, -0.2) is 23.1 Å². The predicted molar refractivity (Wildman–Crippen MR) is 132 cm³/mol. The lowest BCUT2D eigenvalue weighted by Gasteiger charge is -2.12. The number of fused-ring (bicyclic) bond motifs is 1. The van der Waals surface area contributed by atoms with Gasteiger partial charge in [-0.15, -0.1) is 11.3 Å². The Balaban J connectivity index is 1.51. The highest BCUT2D eigenvalue weighted by atomic mass is 35.5. The third kappa shape index (κ3) is 4.65. The van der Waals surface area contributed by atoms with E-state index >= 15 is 0 Å². The summed E-state index contributed by atoms with van der Waals surface area (Å²) in [6.07, 6.45) is 0. The number of anilines is 1. The molecule has 31 heavy (non-hydrogen) atoms. The average Bonchev–Trinajstić information content (AvgIpc) is 3.20. The van der Waals surface area contributed by atoms with Crippen LogP contribution in [-0.2, 0) is 0 Å². The van der Waals surface area contributed by atoms with E-state index in [1.54, 1.807) is 0 Å². The molecule has 0 unspecified atom stereocenters. The van der Waals surface area contributed by atoms with E-state index in [0.717, 1.165) is 22.0 Å². The molecule has 2 N–H and O–H groups in total. The van der Waals surface area contributed by atoms with Gasteiger partial charge in [-0.05, 0) is 35.1 Å². The van der Waals surface area contributed by atoms with Crippen LogP contribution in [0, 0.1) is 0 Å². The second-order valence-corrected chi connectivity index (χ2v) is 8.55. The molecule has 4 rings (SSSR count). The number of benzene rings is 3. The second kappa shape index (κ2) is 9.20. The Hall–Kier alpha value is -2.71. The molecule has 4 aromatic rings. The van der Waals surface area contributed by atoms with E-state index in [0.29, 0.717) is 10.2 Å². The Morgan fingerprint density at radius 2 is 1.90 bits per heavy atom. The maximum absolute atomic E-state index is 12.6. The number of methoxy groups -OCH3 is 1. The molecule has 1 aromatic heterocycles. The van der Waals surface area contributed by atoms with Crippen molar-refractivity contribution in [2.45, 2.75) is 0 Å². The summed E-state index contributed by atoms with van der Waals surface area (Å²) in [6, 6.07) is 17.2. The molecule has 0 radical (unpaired) electrons. The van der Waals surface area contributed by atoms with Gasteiger partial charge in [0.2, 0.25) is 0 Å². The van der Waals surface area contributed by atoms with Gasteiger partial charge >= 0.3 is 0 Å². The highest BCUT2D eigenvalue weighted by Crippen LogP contribution is 2.33. The molecule has 0 spiro atoms. The fraction of sp³-hybridized carbons (Fsp3) is 0.0455. The number of hydrogen-bond donors (Lipinski definition) is 2. The first kappa shape index (κ1) is 21.5. The summed E-state index contributed by atoms with van der Waals surface area (Å²) in [4.78, 5) is 17.3. The lowest BCUT2D eigenvalue weighted by Crippen LogP contribution is -2.34. The zero-order chi connectivity index (χ0) is 22.0. The number of carbonyl (C=O) groups is 1. The fourth-order valence-electron chi connectivity index (χ4n) is 3.14. The first-order valence-corrected chi connectivity index (χ1v) is 11.1. The first-order chi connectivity index (χ1) is 15.0. The summed E-state index contributed by atoms with van der Waals surface area (Å²) in [5, 5.41) is 10.9. The van der Waals surface area contributed by atoms with Gasteiger partial charge in [0.1, 0.15) is 5.75 Å². The highest BCUT2D eigenvalue weighted by Gasteiger charge is 2.18. The van der Waals surface area contributed by atoms with Crippen molar-refractivity contribution < 1.29 is 9.53 Å². The number of rotatable bonds is 4. The molecule has 9 heteroatoms. The second-order valence-electron chi connectivity index (χ2n) is 6.44. The molecule has 0 aliphatic carbocycles. The Morgan fingerprint density at radius 3 is 2.71 bits per heavy atom. The summed E-state index contributed by atoms with van der Waals surface area (Å²) in [7, 11) is 1.42. The molecule has 0 atom stereocenters. The Morgan fingerprint density at radius 1 is 1.13 bits per heavy atom. The molecule has 0 saturated heterocycles. The number of nitrogens with one attached hydrogen (secondary N) is 2. The van der Waals surface area contributed by atoms with E-state index in [2.05, 4.69) is 33.8 Å². The van der Waals surface area contributed by atoms with Crippen molar-refractivity contribution in [3.05, 3.63) is 75.6 Å². The van der Waals surface area contributed by atoms with Gasteiger partial charge in [0.25, 0.3) is 5.91 Å². The summed E-state index contributed by atoms with van der Waals surface area (Å²) in [5.74, 6) is -0.275. The molecular formula is C22H15Cl2N3O2S2. The van der Waals surface area contributed by atoms with Gasteiger partial charge in [0.05, 0.1) is 23.4 Å². The molecule has 3 aromatic carbocycles. The number of hydrogen-bond acceptors (Lipinski definition) is 5. The van der Waals surface area contributed by atoms with Crippen molar-refractivity contribution in [1.29, 1.82) is 0 Å². The molecule has 0 aliphatic rings. The SMILES string of the molecule is COc1c(Cl)cc(Cl)cc1C(=O)NC(=S)Nc1nc(-c2cccc3ccccc23)cs1. The number of halogens is 2. The Bertz CT molecular complexity index is 1300. The third-order valence-electron chi connectivity index (χ3n) is 4.47. The number of amides is 1. The van der Waals surface area contributed by atoms with Crippen molar-refractivity contribution in [2.24, 2.45) is 0 Å². The van der Waals surface area contributed by atoms with Gasteiger partial charge in [-0.1, -0.05) is 65.7 Å². The predicted octanol–water partition coefficient (Wildman–Crippen LogP) is 6.41. The van der Waals surface area contributed by atoms with Gasteiger partial charge in [-0.2, -0.15) is 0 Å². The van der Waals surface area contributed by atoms with Crippen molar-refractivity contribution in [2.75, 3.05) is 12.4 Å². The van der Waals surface area contributed by atoms with Gasteiger partial charge in [0.15, 0.2) is 10.2 Å². The number of thiocarbonyl (C=S) groups is 1. The largest absolute Gasteiger partial charge is 0.494 e. The van der Waals surface area contributed by atoms with E-state index in [1.807, 2.05) is 29.6 Å². The minimum atomic E-state index is -0.496.